The van der Waals surface area contributed by atoms with E-state index < -0.39 is 6.23 Å². The maximum Gasteiger partial charge on any atom is 0.159 e. The van der Waals surface area contributed by atoms with Crippen molar-refractivity contribution in [2.24, 2.45) is 5.92 Å². The number of aliphatic hydroxyl groups is 1. The number of hydrogen-bond acceptors (Lipinski definition) is 6. The van der Waals surface area contributed by atoms with Crippen molar-refractivity contribution in [3.63, 3.8) is 0 Å². The molecule has 0 radical (unpaired) electrons. The highest BCUT2D eigenvalue weighted by Gasteiger charge is 2.18. The van der Waals surface area contributed by atoms with Gasteiger partial charge in [-0.05, 0) is 47.9 Å². The van der Waals surface area contributed by atoms with E-state index >= 15 is 0 Å². The highest BCUT2D eigenvalue weighted by atomic mass is 19.1. The van der Waals surface area contributed by atoms with Crippen molar-refractivity contribution in [1.29, 1.82) is 0 Å². The van der Waals surface area contributed by atoms with Gasteiger partial charge in [0.25, 0.3) is 0 Å². The number of anilines is 1. The first-order valence-electron chi connectivity index (χ1n) is 12.0. The van der Waals surface area contributed by atoms with Gasteiger partial charge in [0.15, 0.2) is 5.82 Å². The van der Waals surface area contributed by atoms with Crippen LogP contribution in [-0.2, 0) is 0 Å². The minimum absolute atomic E-state index is 0.0615. The fourth-order valence-corrected chi connectivity index (χ4v) is 4.29. The van der Waals surface area contributed by atoms with Crippen molar-refractivity contribution in [2.45, 2.75) is 20.1 Å². The maximum absolute atomic E-state index is 14.5. The molecule has 0 fully saturated rings. The van der Waals surface area contributed by atoms with Gasteiger partial charge in [0.1, 0.15) is 28.9 Å². The highest BCUT2D eigenvalue weighted by molar-refractivity contribution is 5.97. The molecule has 0 aliphatic carbocycles. The Morgan fingerprint density at radius 3 is 2.65 bits per heavy atom. The molecule has 8 nitrogen and oxygen atoms in total. The predicted molar refractivity (Wildman–Crippen MR) is 142 cm³/mol. The quantitative estimate of drug-likeness (QED) is 0.219. The Morgan fingerprint density at radius 2 is 1.81 bits per heavy atom. The summed E-state index contributed by atoms with van der Waals surface area (Å²) in [5.74, 6) is 0.261. The van der Waals surface area contributed by atoms with Crippen LogP contribution in [-0.4, -0.2) is 41.5 Å². The van der Waals surface area contributed by atoms with Crippen LogP contribution in [0, 0.1) is 11.7 Å². The van der Waals surface area contributed by atoms with Crippen molar-refractivity contribution in [3.05, 3.63) is 79.0 Å². The van der Waals surface area contributed by atoms with Crippen LogP contribution < -0.4 is 5.32 Å². The van der Waals surface area contributed by atoms with Gasteiger partial charge in [0.05, 0.1) is 22.9 Å². The van der Waals surface area contributed by atoms with Gasteiger partial charge in [-0.3, -0.25) is 15.1 Å². The number of fused-ring (bicyclic) bond motifs is 2. The van der Waals surface area contributed by atoms with E-state index in [0.29, 0.717) is 28.3 Å². The molecule has 4 heterocycles. The molecule has 2 aromatic carbocycles. The van der Waals surface area contributed by atoms with Crippen molar-refractivity contribution in [3.8, 4) is 33.9 Å². The van der Waals surface area contributed by atoms with E-state index in [2.05, 4.69) is 30.5 Å². The predicted octanol–water partition coefficient (Wildman–Crippen LogP) is 5.76. The van der Waals surface area contributed by atoms with Gasteiger partial charge in [-0.15, -0.1) is 0 Å². The molecule has 0 spiro atoms. The lowest BCUT2D eigenvalue weighted by Gasteiger charge is -2.17. The van der Waals surface area contributed by atoms with Gasteiger partial charge < -0.3 is 15.4 Å². The number of hydrogen-bond donors (Lipinski definition) is 4. The van der Waals surface area contributed by atoms with Crippen LogP contribution in [0.5, 0.6) is 0 Å². The van der Waals surface area contributed by atoms with Gasteiger partial charge in [0.2, 0.25) is 0 Å². The third-order valence-corrected chi connectivity index (χ3v) is 6.33. The molecule has 0 amide bonds. The third kappa shape index (κ3) is 4.19. The Hall–Kier alpha value is -4.63. The van der Waals surface area contributed by atoms with Gasteiger partial charge in [0, 0.05) is 28.9 Å². The lowest BCUT2D eigenvalue weighted by atomic mass is 10.0. The van der Waals surface area contributed by atoms with Crippen LogP contribution in [0.4, 0.5) is 10.1 Å². The number of nitrogens with zero attached hydrogens (tertiary/aromatic N) is 4. The Bertz CT molecular complexity index is 1740. The molecule has 1 unspecified atom stereocenters. The SMILES string of the molecule is CC(C)C(O)Nc1cncc(-c2ccc3[nH]nc(-c4nc5c(-c6ccccc6F)nccc5[nH]4)c3c2)c1. The molecule has 0 aliphatic rings. The number of aliphatic hydroxyl groups excluding tert-OH is 1. The lowest BCUT2D eigenvalue weighted by molar-refractivity contribution is 0.153. The molecule has 6 rings (SSSR count). The van der Waals surface area contributed by atoms with Crippen molar-refractivity contribution in [2.75, 3.05) is 5.32 Å². The molecule has 37 heavy (non-hydrogen) atoms. The molecule has 0 saturated carbocycles. The Kier molecular flexibility index (Phi) is 5.61. The molecule has 6 aromatic rings. The van der Waals surface area contributed by atoms with Crippen LogP contribution in [0.3, 0.4) is 0 Å². The second kappa shape index (κ2) is 9.11. The van der Waals surface area contributed by atoms with E-state index in [9.17, 15) is 9.50 Å². The molecule has 0 aliphatic heterocycles. The van der Waals surface area contributed by atoms with Crippen molar-refractivity contribution < 1.29 is 9.50 Å². The minimum Gasteiger partial charge on any atom is -0.374 e. The van der Waals surface area contributed by atoms with Crippen LogP contribution in [0.15, 0.2) is 73.2 Å². The number of halogens is 1. The van der Waals surface area contributed by atoms with Crippen molar-refractivity contribution in [1.82, 2.24) is 30.1 Å². The number of H-pyrrole nitrogens is 2. The number of imidazole rings is 1. The summed E-state index contributed by atoms with van der Waals surface area (Å²) >= 11 is 0. The number of pyridine rings is 2. The van der Waals surface area contributed by atoms with Gasteiger partial charge >= 0.3 is 0 Å². The normalized spacial score (nSPS) is 12.5. The first-order chi connectivity index (χ1) is 18.0. The summed E-state index contributed by atoms with van der Waals surface area (Å²) in [6.07, 6.45) is 4.43. The second-order valence-electron chi connectivity index (χ2n) is 9.25. The average molecular weight is 494 g/mol. The summed E-state index contributed by atoms with van der Waals surface area (Å²) in [7, 11) is 0. The summed E-state index contributed by atoms with van der Waals surface area (Å²) in [6, 6.07) is 16.3. The largest absolute Gasteiger partial charge is 0.374 e. The zero-order valence-electron chi connectivity index (χ0n) is 20.2. The van der Waals surface area contributed by atoms with E-state index in [1.807, 2.05) is 44.2 Å². The van der Waals surface area contributed by atoms with Crippen LogP contribution in [0.25, 0.3) is 55.8 Å². The zero-order chi connectivity index (χ0) is 25.5. The number of aromatic amines is 2. The fourth-order valence-electron chi connectivity index (χ4n) is 4.29. The maximum atomic E-state index is 14.5. The summed E-state index contributed by atoms with van der Waals surface area (Å²) in [4.78, 5) is 16.8. The molecule has 0 bridgehead atoms. The molecule has 0 saturated heterocycles. The number of rotatable bonds is 6. The van der Waals surface area contributed by atoms with E-state index in [-0.39, 0.29) is 11.7 Å². The smallest absolute Gasteiger partial charge is 0.159 e. The van der Waals surface area contributed by atoms with E-state index in [0.717, 1.165) is 33.2 Å². The number of aromatic nitrogens is 6. The zero-order valence-corrected chi connectivity index (χ0v) is 20.2. The molecular weight excluding hydrogens is 469 g/mol. The molecule has 4 N–H and O–H groups in total. The molecule has 9 heteroatoms. The monoisotopic (exact) mass is 493 g/mol. The summed E-state index contributed by atoms with van der Waals surface area (Å²) < 4.78 is 14.5. The molecule has 1 atom stereocenters. The second-order valence-corrected chi connectivity index (χ2v) is 9.25. The molecule has 4 aromatic heterocycles. The van der Waals surface area contributed by atoms with E-state index in [1.165, 1.54) is 6.07 Å². The topological polar surface area (TPSA) is 115 Å². The van der Waals surface area contributed by atoms with Crippen LogP contribution in [0.1, 0.15) is 13.8 Å². The van der Waals surface area contributed by atoms with Crippen LogP contribution in [0.2, 0.25) is 0 Å². The van der Waals surface area contributed by atoms with Gasteiger partial charge in [-0.2, -0.15) is 5.10 Å². The third-order valence-electron chi connectivity index (χ3n) is 6.33. The number of benzene rings is 2. The summed E-state index contributed by atoms with van der Waals surface area (Å²) in [6.45, 7) is 3.88. The Labute approximate surface area is 211 Å². The Balaban J connectivity index is 1.42. The van der Waals surface area contributed by atoms with Crippen molar-refractivity contribution >= 4 is 27.6 Å². The van der Waals surface area contributed by atoms with Gasteiger partial charge in [-0.1, -0.05) is 32.0 Å². The minimum atomic E-state index is -0.670. The molecule has 184 valence electrons. The van der Waals surface area contributed by atoms with Gasteiger partial charge in [-0.25, -0.2) is 9.37 Å². The fraction of sp³-hybridized carbons (Fsp3) is 0.143. The Morgan fingerprint density at radius 1 is 0.946 bits per heavy atom. The highest BCUT2D eigenvalue weighted by Crippen LogP contribution is 2.33. The first kappa shape index (κ1) is 22.8. The van der Waals surface area contributed by atoms with E-state index in [4.69, 9.17) is 4.98 Å². The van der Waals surface area contributed by atoms with Crippen LogP contribution >= 0.6 is 0 Å². The lowest BCUT2D eigenvalue weighted by Crippen LogP contribution is -2.24. The van der Waals surface area contributed by atoms with E-state index in [1.54, 1.807) is 36.8 Å². The summed E-state index contributed by atoms with van der Waals surface area (Å²) in [5.41, 5.74) is 6.23. The number of nitrogens with one attached hydrogen (secondary N) is 3. The standard InChI is InChI=1S/C28H24FN7O/c1-15(2)28(37)32-18-11-17(13-30-14-18)16-7-8-22-20(12-16)25(36-35-22)27-33-23-9-10-31-24(26(23)34-27)19-5-3-4-6-21(19)29/h3-15,28,32,37H,1-2H3,(H,33,34)(H,35,36). The molecular formula is C28H24FN7O. The summed E-state index contributed by atoms with van der Waals surface area (Å²) in [5, 5.41) is 21.7. The first-order valence-corrected chi connectivity index (χ1v) is 12.0. The average Bonchev–Trinajstić information content (AvgIpc) is 3.53.